The average Bonchev–Trinajstić information content (AvgIpc) is 2.45. The first kappa shape index (κ1) is 16.7. The summed E-state index contributed by atoms with van der Waals surface area (Å²) in [6.45, 7) is 2.34. The molecule has 1 aromatic carbocycles. The summed E-state index contributed by atoms with van der Waals surface area (Å²) in [7, 11) is 1.99. The number of nitrogens with zero attached hydrogens (tertiary/aromatic N) is 2. The molecule has 0 radical (unpaired) electrons. The van der Waals surface area contributed by atoms with Crippen LogP contribution < -0.4 is 5.73 Å². The number of amides is 2. The molecule has 6 nitrogen and oxygen atoms in total. The van der Waals surface area contributed by atoms with E-state index in [1.807, 2.05) is 7.05 Å². The molecule has 0 spiro atoms. The smallest absolute Gasteiger partial charge is 0.254 e. The van der Waals surface area contributed by atoms with Gasteiger partial charge in [0.15, 0.2) is 0 Å². The highest BCUT2D eigenvalue weighted by Crippen LogP contribution is 2.14. The molecule has 2 rings (SSSR count). The number of carbonyl (C=O) groups is 2. The number of rotatable bonds is 5. The van der Waals surface area contributed by atoms with Crippen LogP contribution >= 0.6 is 11.6 Å². The number of likely N-dealkylation sites (N-methyl/N-ethyl adjacent to an activating group) is 1. The number of benzene rings is 1. The summed E-state index contributed by atoms with van der Waals surface area (Å²) in [5.74, 6) is -0.835. The number of halogens is 1. The van der Waals surface area contributed by atoms with Gasteiger partial charge in [-0.05, 0) is 25.2 Å². The quantitative estimate of drug-likeness (QED) is 0.860. The van der Waals surface area contributed by atoms with E-state index in [2.05, 4.69) is 4.90 Å². The molecular weight excluding hydrogens is 306 g/mol. The maximum absolute atomic E-state index is 12.6. The van der Waals surface area contributed by atoms with E-state index in [0.717, 1.165) is 6.54 Å². The van der Waals surface area contributed by atoms with Crippen molar-refractivity contribution in [2.24, 2.45) is 5.73 Å². The van der Waals surface area contributed by atoms with E-state index < -0.39 is 5.91 Å². The van der Waals surface area contributed by atoms with Crippen molar-refractivity contribution in [3.8, 4) is 0 Å². The van der Waals surface area contributed by atoms with Crippen molar-refractivity contribution in [1.29, 1.82) is 0 Å². The molecule has 1 aliphatic rings. The molecule has 1 atom stereocenters. The first-order chi connectivity index (χ1) is 10.5. The summed E-state index contributed by atoms with van der Waals surface area (Å²) >= 11 is 5.92. The molecule has 7 heteroatoms. The van der Waals surface area contributed by atoms with Crippen LogP contribution in [0.1, 0.15) is 10.4 Å². The fourth-order valence-corrected chi connectivity index (χ4v) is 2.62. The van der Waals surface area contributed by atoms with Crippen molar-refractivity contribution >= 4 is 23.4 Å². The Hall–Kier alpha value is -1.63. The Morgan fingerprint density at radius 1 is 1.50 bits per heavy atom. The van der Waals surface area contributed by atoms with E-state index >= 15 is 0 Å². The predicted molar refractivity (Wildman–Crippen MR) is 83.8 cm³/mol. The van der Waals surface area contributed by atoms with Crippen molar-refractivity contribution < 1.29 is 14.3 Å². The van der Waals surface area contributed by atoms with Gasteiger partial charge in [-0.3, -0.25) is 9.59 Å². The molecule has 2 amide bonds. The van der Waals surface area contributed by atoms with Gasteiger partial charge in [-0.2, -0.15) is 0 Å². The molecule has 0 saturated carbocycles. The summed E-state index contributed by atoms with van der Waals surface area (Å²) in [5.41, 5.74) is 5.69. The summed E-state index contributed by atoms with van der Waals surface area (Å²) in [5, 5.41) is 0.471. The first-order valence-electron chi connectivity index (χ1n) is 7.09. The predicted octanol–water partition coefficient (Wildman–Crippen LogP) is 0.598. The highest BCUT2D eigenvalue weighted by Gasteiger charge is 2.25. The number of morpholine rings is 1. The zero-order valence-electron chi connectivity index (χ0n) is 12.5. The lowest BCUT2D eigenvalue weighted by molar-refractivity contribution is -0.119. The molecule has 0 aliphatic carbocycles. The highest BCUT2D eigenvalue weighted by atomic mass is 35.5. The number of primary amides is 1. The van der Waals surface area contributed by atoms with Crippen LogP contribution in [0.5, 0.6) is 0 Å². The van der Waals surface area contributed by atoms with Crippen LogP contribution in [0.3, 0.4) is 0 Å². The highest BCUT2D eigenvalue weighted by molar-refractivity contribution is 6.30. The molecule has 0 aromatic heterocycles. The van der Waals surface area contributed by atoms with Gasteiger partial charge in [-0.1, -0.05) is 17.7 Å². The zero-order chi connectivity index (χ0) is 16.1. The molecule has 120 valence electrons. The van der Waals surface area contributed by atoms with Gasteiger partial charge >= 0.3 is 0 Å². The maximum atomic E-state index is 12.6. The Morgan fingerprint density at radius 3 is 2.91 bits per heavy atom. The zero-order valence-corrected chi connectivity index (χ0v) is 13.3. The lowest BCUT2D eigenvalue weighted by atomic mass is 10.1. The lowest BCUT2D eigenvalue weighted by Gasteiger charge is -2.33. The Bertz CT molecular complexity index is 553. The van der Waals surface area contributed by atoms with E-state index in [4.69, 9.17) is 22.1 Å². The van der Waals surface area contributed by atoms with Crippen LogP contribution in [0.15, 0.2) is 24.3 Å². The third-order valence-corrected chi connectivity index (χ3v) is 3.71. The average molecular weight is 326 g/mol. The Labute approximate surface area is 134 Å². The van der Waals surface area contributed by atoms with Crippen LogP contribution in [0, 0.1) is 0 Å². The van der Waals surface area contributed by atoms with Gasteiger partial charge in [-0.15, -0.1) is 0 Å². The second-order valence-corrected chi connectivity index (χ2v) is 5.85. The minimum Gasteiger partial charge on any atom is -0.374 e. The van der Waals surface area contributed by atoms with Gasteiger partial charge < -0.3 is 20.3 Å². The number of carbonyl (C=O) groups excluding carboxylic acids is 2. The van der Waals surface area contributed by atoms with Gasteiger partial charge in [0, 0.05) is 30.2 Å². The Kier molecular flexibility index (Phi) is 5.76. The summed E-state index contributed by atoms with van der Waals surface area (Å²) in [4.78, 5) is 27.4. The van der Waals surface area contributed by atoms with Crippen molar-refractivity contribution in [2.45, 2.75) is 6.10 Å². The van der Waals surface area contributed by atoms with Crippen molar-refractivity contribution in [2.75, 3.05) is 39.8 Å². The van der Waals surface area contributed by atoms with Gasteiger partial charge in [-0.25, -0.2) is 0 Å². The molecule has 1 heterocycles. The van der Waals surface area contributed by atoms with Crippen LogP contribution in [-0.4, -0.2) is 67.6 Å². The summed E-state index contributed by atoms with van der Waals surface area (Å²) in [6, 6.07) is 6.63. The minimum atomic E-state index is -0.556. The number of hydrogen-bond acceptors (Lipinski definition) is 4. The van der Waals surface area contributed by atoms with E-state index in [1.165, 1.54) is 4.90 Å². The van der Waals surface area contributed by atoms with Crippen LogP contribution in [0.2, 0.25) is 5.02 Å². The van der Waals surface area contributed by atoms with Crippen molar-refractivity contribution in [1.82, 2.24) is 9.80 Å². The number of hydrogen-bond donors (Lipinski definition) is 1. The monoisotopic (exact) mass is 325 g/mol. The van der Waals surface area contributed by atoms with Gasteiger partial charge in [0.1, 0.15) is 0 Å². The minimum absolute atomic E-state index is 0.138. The molecule has 1 fully saturated rings. The van der Waals surface area contributed by atoms with Crippen LogP contribution in [-0.2, 0) is 9.53 Å². The van der Waals surface area contributed by atoms with Crippen molar-refractivity contribution in [3.63, 3.8) is 0 Å². The van der Waals surface area contributed by atoms with Crippen LogP contribution in [0.25, 0.3) is 0 Å². The topological polar surface area (TPSA) is 75.9 Å². The second-order valence-electron chi connectivity index (χ2n) is 5.42. The van der Waals surface area contributed by atoms with Gasteiger partial charge in [0.2, 0.25) is 5.91 Å². The van der Waals surface area contributed by atoms with Crippen molar-refractivity contribution in [3.05, 3.63) is 34.9 Å². The fraction of sp³-hybridized carbons (Fsp3) is 0.467. The summed E-state index contributed by atoms with van der Waals surface area (Å²) in [6.07, 6.45) is -0.138. The molecule has 2 N–H and O–H groups in total. The molecule has 1 aliphatic heterocycles. The van der Waals surface area contributed by atoms with E-state index in [-0.39, 0.29) is 18.6 Å². The maximum Gasteiger partial charge on any atom is 0.254 e. The van der Waals surface area contributed by atoms with E-state index in [9.17, 15) is 9.59 Å². The summed E-state index contributed by atoms with van der Waals surface area (Å²) < 4.78 is 5.66. The lowest BCUT2D eigenvalue weighted by Crippen LogP contribution is -2.49. The van der Waals surface area contributed by atoms with Crippen LogP contribution in [0.4, 0.5) is 0 Å². The third kappa shape index (κ3) is 4.69. The van der Waals surface area contributed by atoms with E-state index in [1.54, 1.807) is 24.3 Å². The van der Waals surface area contributed by atoms with Gasteiger partial charge in [0.25, 0.3) is 5.91 Å². The number of ether oxygens (including phenoxy) is 1. The molecule has 0 bridgehead atoms. The van der Waals surface area contributed by atoms with E-state index in [0.29, 0.717) is 30.3 Å². The molecule has 1 saturated heterocycles. The SMILES string of the molecule is CN1CCO[C@H](CN(CC(N)=O)C(=O)c2cccc(Cl)c2)C1. The molecular formula is C15H20ClN3O3. The normalized spacial score (nSPS) is 18.9. The fourth-order valence-electron chi connectivity index (χ4n) is 2.43. The largest absolute Gasteiger partial charge is 0.374 e. The third-order valence-electron chi connectivity index (χ3n) is 3.47. The van der Waals surface area contributed by atoms with Gasteiger partial charge in [0.05, 0.1) is 19.3 Å². The number of nitrogens with two attached hydrogens (primary N) is 1. The Morgan fingerprint density at radius 2 is 2.27 bits per heavy atom. The second kappa shape index (κ2) is 7.58. The molecule has 0 unspecified atom stereocenters. The Balaban J connectivity index is 2.11. The molecule has 1 aromatic rings. The first-order valence-corrected chi connectivity index (χ1v) is 7.47. The molecule has 22 heavy (non-hydrogen) atoms. The standard InChI is InChI=1S/C15H20ClN3O3/c1-18-5-6-22-13(8-18)9-19(10-14(17)20)15(21)11-3-2-4-12(16)7-11/h2-4,7,13H,5-6,8-10H2,1H3,(H2,17,20)/t13-/m0/s1.